The van der Waals surface area contributed by atoms with Crippen LogP contribution in [0.25, 0.3) is 0 Å². The Morgan fingerprint density at radius 1 is 1.25 bits per heavy atom. The molecule has 0 saturated carbocycles. The Balaban J connectivity index is 2.08. The molecule has 1 N–H and O–H groups in total. The highest BCUT2D eigenvalue weighted by molar-refractivity contribution is 5.49. The topological polar surface area (TPSA) is 37.6 Å². The van der Waals surface area contributed by atoms with Gasteiger partial charge in [-0.25, -0.2) is 0 Å². The van der Waals surface area contributed by atoms with Crippen molar-refractivity contribution in [2.24, 2.45) is 0 Å². The molecule has 0 fully saturated rings. The Morgan fingerprint density at radius 2 is 1.95 bits per heavy atom. The number of ether oxygens (including phenoxy) is 1. The Bertz CT molecular complexity index is 546. The van der Waals surface area contributed by atoms with Crippen LogP contribution in [-0.2, 0) is 13.1 Å². The first-order valence-electron chi connectivity index (χ1n) is 6.72. The van der Waals surface area contributed by atoms with Crippen molar-refractivity contribution in [3.8, 4) is 5.75 Å². The molecule has 0 aliphatic rings. The zero-order valence-corrected chi connectivity index (χ0v) is 12.6. The number of nitrogens with one attached hydrogen (secondary N) is 1. The minimum Gasteiger partial charge on any atom is -0.497 e. The second-order valence-corrected chi connectivity index (χ2v) is 4.88. The molecule has 0 atom stereocenters. The summed E-state index contributed by atoms with van der Waals surface area (Å²) >= 11 is 0. The van der Waals surface area contributed by atoms with Gasteiger partial charge >= 0.3 is 0 Å². The molecule has 0 bridgehead atoms. The third kappa shape index (κ3) is 3.33. The van der Waals surface area contributed by atoms with Gasteiger partial charge in [-0.1, -0.05) is 0 Å². The number of rotatable bonds is 6. The molecule has 0 radical (unpaired) electrons. The SMILES string of the molecule is CNCc1cc(CN(C)c2ccc(OC)cc2)c(C)o1. The van der Waals surface area contributed by atoms with Gasteiger partial charge in [0.2, 0.25) is 0 Å². The maximum atomic E-state index is 5.72. The van der Waals surface area contributed by atoms with Gasteiger partial charge in [0.1, 0.15) is 17.3 Å². The van der Waals surface area contributed by atoms with E-state index >= 15 is 0 Å². The fraction of sp³-hybridized carbons (Fsp3) is 0.375. The highest BCUT2D eigenvalue weighted by Crippen LogP contribution is 2.22. The van der Waals surface area contributed by atoms with E-state index in [0.29, 0.717) is 0 Å². The number of furan rings is 1. The maximum absolute atomic E-state index is 5.72. The summed E-state index contributed by atoms with van der Waals surface area (Å²) in [4.78, 5) is 2.19. The molecule has 2 rings (SSSR count). The number of methoxy groups -OCH3 is 1. The molecule has 0 unspecified atom stereocenters. The lowest BCUT2D eigenvalue weighted by Crippen LogP contribution is -2.16. The monoisotopic (exact) mass is 274 g/mol. The van der Waals surface area contributed by atoms with Gasteiger partial charge < -0.3 is 19.4 Å². The molecule has 0 aliphatic heterocycles. The molecule has 0 aliphatic carbocycles. The van der Waals surface area contributed by atoms with Crippen molar-refractivity contribution in [2.75, 3.05) is 26.1 Å². The first kappa shape index (κ1) is 14.5. The number of hydrogen-bond acceptors (Lipinski definition) is 4. The van der Waals surface area contributed by atoms with Gasteiger partial charge in [0.05, 0.1) is 13.7 Å². The summed E-state index contributed by atoms with van der Waals surface area (Å²) in [6.45, 7) is 3.59. The Labute approximate surface area is 120 Å². The number of aryl methyl sites for hydroxylation is 1. The van der Waals surface area contributed by atoms with Gasteiger partial charge in [-0.2, -0.15) is 0 Å². The van der Waals surface area contributed by atoms with Crippen LogP contribution in [0, 0.1) is 6.92 Å². The van der Waals surface area contributed by atoms with E-state index in [1.807, 2.05) is 26.1 Å². The summed E-state index contributed by atoms with van der Waals surface area (Å²) in [5.41, 5.74) is 2.37. The van der Waals surface area contributed by atoms with Crippen molar-refractivity contribution in [1.29, 1.82) is 0 Å². The molecule has 20 heavy (non-hydrogen) atoms. The van der Waals surface area contributed by atoms with E-state index in [1.54, 1.807) is 7.11 Å². The molecule has 1 heterocycles. The number of anilines is 1. The fourth-order valence-electron chi connectivity index (χ4n) is 2.19. The van der Waals surface area contributed by atoms with E-state index in [9.17, 15) is 0 Å². The van der Waals surface area contributed by atoms with Crippen LogP contribution < -0.4 is 15.0 Å². The minimum atomic E-state index is 0.757. The Morgan fingerprint density at radius 3 is 2.55 bits per heavy atom. The highest BCUT2D eigenvalue weighted by atomic mass is 16.5. The highest BCUT2D eigenvalue weighted by Gasteiger charge is 2.10. The molecule has 108 valence electrons. The van der Waals surface area contributed by atoms with Crippen LogP contribution in [0.3, 0.4) is 0 Å². The van der Waals surface area contributed by atoms with Gasteiger partial charge in [-0.3, -0.25) is 0 Å². The standard InChI is InChI=1S/C16H22N2O2/c1-12-13(9-16(20-12)10-17-2)11-18(3)14-5-7-15(19-4)8-6-14/h5-9,17H,10-11H2,1-4H3. The summed E-state index contributed by atoms with van der Waals surface area (Å²) in [7, 11) is 5.67. The first-order valence-corrected chi connectivity index (χ1v) is 6.72. The average molecular weight is 274 g/mol. The van der Waals surface area contributed by atoms with E-state index in [2.05, 4.69) is 35.5 Å². The molecular formula is C16H22N2O2. The Kier molecular flexibility index (Phi) is 4.69. The third-order valence-electron chi connectivity index (χ3n) is 3.34. The van der Waals surface area contributed by atoms with E-state index in [0.717, 1.165) is 36.0 Å². The summed E-state index contributed by atoms with van der Waals surface area (Å²) in [5, 5.41) is 3.10. The van der Waals surface area contributed by atoms with Gasteiger partial charge in [0.25, 0.3) is 0 Å². The lowest BCUT2D eigenvalue weighted by Gasteiger charge is -2.19. The van der Waals surface area contributed by atoms with Crippen molar-refractivity contribution in [3.63, 3.8) is 0 Å². The number of nitrogens with zero attached hydrogens (tertiary/aromatic N) is 1. The van der Waals surface area contributed by atoms with Crippen molar-refractivity contribution in [3.05, 3.63) is 47.4 Å². The van der Waals surface area contributed by atoms with E-state index in [1.165, 1.54) is 5.56 Å². The first-order chi connectivity index (χ1) is 9.63. The second-order valence-electron chi connectivity index (χ2n) is 4.88. The van der Waals surface area contributed by atoms with Crippen LogP contribution in [0.1, 0.15) is 17.1 Å². The van der Waals surface area contributed by atoms with E-state index in [4.69, 9.17) is 9.15 Å². The van der Waals surface area contributed by atoms with Crippen LogP contribution >= 0.6 is 0 Å². The molecule has 4 heteroatoms. The summed E-state index contributed by atoms with van der Waals surface area (Å²) in [5.74, 6) is 2.83. The lowest BCUT2D eigenvalue weighted by atomic mass is 10.2. The zero-order chi connectivity index (χ0) is 14.5. The number of benzene rings is 1. The smallest absolute Gasteiger partial charge is 0.119 e. The Hall–Kier alpha value is -1.94. The van der Waals surface area contributed by atoms with Crippen molar-refractivity contribution < 1.29 is 9.15 Å². The van der Waals surface area contributed by atoms with Crippen LogP contribution in [0.15, 0.2) is 34.7 Å². The largest absolute Gasteiger partial charge is 0.497 e. The number of hydrogen-bond donors (Lipinski definition) is 1. The summed E-state index contributed by atoms with van der Waals surface area (Å²) < 4.78 is 10.9. The molecule has 0 saturated heterocycles. The van der Waals surface area contributed by atoms with Crippen molar-refractivity contribution >= 4 is 5.69 Å². The van der Waals surface area contributed by atoms with Crippen LogP contribution in [0.5, 0.6) is 5.75 Å². The van der Waals surface area contributed by atoms with Gasteiger partial charge in [0, 0.05) is 24.8 Å². The molecule has 4 nitrogen and oxygen atoms in total. The van der Waals surface area contributed by atoms with Gasteiger partial charge in [0.15, 0.2) is 0 Å². The second kappa shape index (κ2) is 6.48. The van der Waals surface area contributed by atoms with E-state index in [-0.39, 0.29) is 0 Å². The van der Waals surface area contributed by atoms with Crippen LogP contribution in [0.2, 0.25) is 0 Å². The van der Waals surface area contributed by atoms with Crippen LogP contribution in [0.4, 0.5) is 5.69 Å². The van der Waals surface area contributed by atoms with Gasteiger partial charge in [-0.15, -0.1) is 0 Å². The molecule has 0 amide bonds. The quantitative estimate of drug-likeness (QED) is 0.879. The zero-order valence-electron chi connectivity index (χ0n) is 12.6. The summed E-state index contributed by atoms with van der Waals surface area (Å²) in [6, 6.07) is 10.2. The molecular weight excluding hydrogens is 252 g/mol. The summed E-state index contributed by atoms with van der Waals surface area (Å²) in [6.07, 6.45) is 0. The molecule has 0 spiro atoms. The average Bonchev–Trinajstić information content (AvgIpc) is 2.79. The van der Waals surface area contributed by atoms with Gasteiger partial charge in [-0.05, 0) is 44.3 Å². The maximum Gasteiger partial charge on any atom is 0.119 e. The molecule has 2 aromatic rings. The van der Waals surface area contributed by atoms with Crippen LogP contribution in [-0.4, -0.2) is 21.2 Å². The predicted octanol–water partition coefficient (Wildman–Crippen LogP) is 2.95. The van der Waals surface area contributed by atoms with Crippen molar-refractivity contribution in [2.45, 2.75) is 20.0 Å². The van der Waals surface area contributed by atoms with Crippen molar-refractivity contribution in [1.82, 2.24) is 5.32 Å². The predicted molar refractivity (Wildman–Crippen MR) is 81.3 cm³/mol. The lowest BCUT2D eigenvalue weighted by molar-refractivity contribution is 0.415. The third-order valence-corrected chi connectivity index (χ3v) is 3.34. The molecule has 1 aromatic carbocycles. The minimum absolute atomic E-state index is 0.757. The normalized spacial score (nSPS) is 10.6. The fourth-order valence-corrected chi connectivity index (χ4v) is 2.19. The molecule has 1 aromatic heterocycles. The van der Waals surface area contributed by atoms with E-state index < -0.39 is 0 Å².